The highest BCUT2D eigenvalue weighted by Crippen LogP contribution is 2.08. The maximum Gasteiger partial charge on any atom is 0.124 e. The van der Waals surface area contributed by atoms with Gasteiger partial charge in [-0.25, -0.2) is 8.42 Å². The first-order valence-corrected chi connectivity index (χ1v) is 11.9. The van der Waals surface area contributed by atoms with E-state index in [-0.39, 0.29) is 4.90 Å². The monoisotopic (exact) mass is 464 g/mol. The molecule has 1 aromatic carbocycles. The van der Waals surface area contributed by atoms with Crippen molar-refractivity contribution in [3.8, 4) is 0 Å². The van der Waals surface area contributed by atoms with Gasteiger partial charge in [-0.05, 0) is 46.8 Å². The SMILES string of the molecule is CC(O)CN(CC[NH+](CC(C)O)CC(C)O)CC(C)O.Cc1ccc(S(=O)(=O)[O-])cc1. The van der Waals surface area contributed by atoms with Gasteiger partial charge in [-0.1, -0.05) is 17.7 Å². The van der Waals surface area contributed by atoms with E-state index in [9.17, 15) is 33.4 Å². The highest BCUT2D eigenvalue weighted by atomic mass is 32.2. The maximum absolute atomic E-state index is 10.4. The Morgan fingerprint density at radius 3 is 1.61 bits per heavy atom. The van der Waals surface area contributed by atoms with Gasteiger partial charge in [0.25, 0.3) is 0 Å². The van der Waals surface area contributed by atoms with E-state index < -0.39 is 34.5 Å². The average molecular weight is 465 g/mol. The Labute approximate surface area is 186 Å². The zero-order valence-electron chi connectivity index (χ0n) is 19.2. The van der Waals surface area contributed by atoms with Crippen LogP contribution in [-0.4, -0.2) is 102 Å². The van der Waals surface area contributed by atoms with Crippen LogP contribution in [0.15, 0.2) is 29.2 Å². The molecule has 0 aliphatic carbocycles. The molecule has 5 N–H and O–H groups in total. The molecule has 182 valence electrons. The van der Waals surface area contributed by atoms with Crippen LogP contribution < -0.4 is 4.90 Å². The lowest BCUT2D eigenvalue weighted by atomic mass is 10.2. The van der Waals surface area contributed by atoms with Crippen LogP contribution in [0, 0.1) is 6.92 Å². The van der Waals surface area contributed by atoms with Gasteiger partial charge in [0.15, 0.2) is 0 Å². The van der Waals surface area contributed by atoms with Gasteiger partial charge in [0, 0.05) is 19.6 Å². The molecule has 0 aliphatic heterocycles. The van der Waals surface area contributed by atoms with Crippen LogP contribution in [0.2, 0.25) is 0 Å². The van der Waals surface area contributed by atoms with Crippen LogP contribution in [0.1, 0.15) is 33.3 Å². The first-order valence-electron chi connectivity index (χ1n) is 10.5. The van der Waals surface area contributed by atoms with E-state index in [1.54, 1.807) is 39.8 Å². The summed E-state index contributed by atoms with van der Waals surface area (Å²) in [6, 6.07) is 5.78. The molecular formula is C21H40N2O7S. The smallest absolute Gasteiger partial charge is 0.124 e. The highest BCUT2D eigenvalue weighted by Gasteiger charge is 2.18. The van der Waals surface area contributed by atoms with Crippen molar-refractivity contribution in [1.29, 1.82) is 0 Å². The standard InChI is InChI=1S/C14H32N2O4.C7H8O3S/c1-11(17)7-15(8-12(2)18)5-6-16(9-13(3)19)10-14(4)20;1-6-2-4-7(5-3-6)11(8,9)10/h11-14,17-20H,5-10H2,1-4H3;2-5H,1H3,(H,8,9,10). The Morgan fingerprint density at radius 1 is 0.871 bits per heavy atom. The first kappa shape index (κ1) is 29.9. The van der Waals surface area contributed by atoms with Gasteiger partial charge in [0.05, 0.1) is 23.6 Å². The lowest BCUT2D eigenvalue weighted by molar-refractivity contribution is -0.905. The summed E-state index contributed by atoms with van der Waals surface area (Å²) in [5, 5.41) is 38.0. The quantitative estimate of drug-likeness (QED) is 0.237. The van der Waals surface area contributed by atoms with Crippen molar-refractivity contribution < 1.29 is 38.3 Å². The number of nitrogens with one attached hydrogen (secondary N) is 1. The van der Waals surface area contributed by atoms with Gasteiger partial charge in [-0.15, -0.1) is 0 Å². The molecule has 4 unspecified atom stereocenters. The minimum atomic E-state index is -4.27. The molecule has 0 radical (unpaired) electrons. The molecule has 0 bridgehead atoms. The summed E-state index contributed by atoms with van der Waals surface area (Å²) in [6.07, 6.45) is -1.70. The molecule has 1 rings (SSSR count). The Hall–Kier alpha value is -1.11. The van der Waals surface area contributed by atoms with Gasteiger partial charge < -0.3 is 29.9 Å². The zero-order valence-corrected chi connectivity index (χ0v) is 20.0. The molecule has 1 aromatic rings. The molecule has 0 aliphatic rings. The van der Waals surface area contributed by atoms with Gasteiger partial charge >= 0.3 is 0 Å². The van der Waals surface area contributed by atoms with E-state index in [2.05, 4.69) is 0 Å². The van der Waals surface area contributed by atoms with E-state index in [0.29, 0.717) is 32.7 Å². The average Bonchev–Trinajstić information content (AvgIpc) is 2.57. The first-order chi connectivity index (χ1) is 14.2. The Kier molecular flexibility index (Phi) is 14.3. The predicted octanol–water partition coefficient (Wildman–Crippen LogP) is -1.40. The zero-order chi connectivity index (χ0) is 24.2. The molecular weight excluding hydrogens is 424 g/mol. The third-order valence-corrected chi connectivity index (χ3v) is 5.15. The van der Waals surface area contributed by atoms with E-state index in [4.69, 9.17) is 0 Å². The summed E-state index contributed by atoms with van der Waals surface area (Å²) < 4.78 is 31.2. The number of aliphatic hydroxyl groups excluding tert-OH is 4. The third kappa shape index (κ3) is 16.2. The van der Waals surface area contributed by atoms with Crippen LogP contribution in [0.5, 0.6) is 0 Å². The fourth-order valence-electron chi connectivity index (χ4n) is 3.15. The molecule has 0 spiro atoms. The molecule has 0 saturated heterocycles. The van der Waals surface area contributed by atoms with Gasteiger partial charge in [-0.3, -0.25) is 4.90 Å². The van der Waals surface area contributed by atoms with Crippen LogP contribution >= 0.6 is 0 Å². The minimum Gasteiger partial charge on any atom is -0.744 e. The van der Waals surface area contributed by atoms with Gasteiger partial charge in [-0.2, -0.15) is 0 Å². The second-order valence-electron chi connectivity index (χ2n) is 8.33. The van der Waals surface area contributed by atoms with Crippen LogP contribution in [-0.2, 0) is 10.1 Å². The molecule has 0 saturated carbocycles. The molecule has 31 heavy (non-hydrogen) atoms. The van der Waals surface area contributed by atoms with E-state index in [1.165, 1.54) is 12.1 Å². The number of nitrogens with zero attached hydrogens (tertiary/aromatic N) is 1. The molecule has 0 heterocycles. The molecule has 4 atom stereocenters. The second-order valence-corrected chi connectivity index (χ2v) is 9.71. The van der Waals surface area contributed by atoms with Crippen molar-refractivity contribution in [3.05, 3.63) is 29.8 Å². The highest BCUT2D eigenvalue weighted by molar-refractivity contribution is 7.85. The summed E-state index contributed by atoms with van der Waals surface area (Å²) >= 11 is 0. The van der Waals surface area contributed by atoms with Crippen molar-refractivity contribution >= 4 is 10.1 Å². The number of hydrogen-bond donors (Lipinski definition) is 5. The van der Waals surface area contributed by atoms with Crippen molar-refractivity contribution in [3.63, 3.8) is 0 Å². The fraction of sp³-hybridized carbons (Fsp3) is 0.714. The summed E-state index contributed by atoms with van der Waals surface area (Å²) in [4.78, 5) is 2.96. The summed E-state index contributed by atoms with van der Waals surface area (Å²) in [5.74, 6) is 0. The number of hydrogen-bond acceptors (Lipinski definition) is 8. The number of aryl methyl sites for hydroxylation is 1. The normalized spacial score (nSPS) is 16.7. The van der Waals surface area contributed by atoms with Crippen LogP contribution in [0.3, 0.4) is 0 Å². The van der Waals surface area contributed by atoms with Crippen LogP contribution in [0.25, 0.3) is 0 Å². The topological polar surface area (TPSA) is 146 Å². The number of benzene rings is 1. The van der Waals surface area contributed by atoms with Gasteiger partial charge in [0.1, 0.15) is 35.4 Å². The molecule has 0 amide bonds. The van der Waals surface area contributed by atoms with Crippen molar-refractivity contribution in [2.45, 2.75) is 63.9 Å². The minimum absolute atomic E-state index is 0.178. The molecule has 10 heteroatoms. The second kappa shape index (κ2) is 14.9. The maximum atomic E-state index is 10.4. The summed E-state index contributed by atoms with van der Waals surface area (Å²) in [5.41, 5.74) is 0.928. The largest absolute Gasteiger partial charge is 0.744 e. The third-order valence-electron chi connectivity index (χ3n) is 4.30. The Bertz CT molecular complexity index is 648. The number of aliphatic hydroxyl groups is 4. The van der Waals surface area contributed by atoms with Crippen molar-refractivity contribution in [2.75, 3.05) is 39.3 Å². The number of quaternary nitrogens is 1. The summed E-state index contributed by atoms with van der Waals surface area (Å²) in [6.45, 7) is 12.4. The lowest BCUT2D eigenvalue weighted by Gasteiger charge is -2.28. The van der Waals surface area contributed by atoms with E-state index >= 15 is 0 Å². The van der Waals surface area contributed by atoms with Crippen molar-refractivity contribution in [2.24, 2.45) is 0 Å². The molecule has 9 nitrogen and oxygen atoms in total. The fourth-order valence-corrected chi connectivity index (χ4v) is 3.62. The molecule has 0 aromatic heterocycles. The van der Waals surface area contributed by atoms with Gasteiger partial charge in [0.2, 0.25) is 0 Å². The van der Waals surface area contributed by atoms with Crippen LogP contribution in [0.4, 0.5) is 0 Å². The van der Waals surface area contributed by atoms with Crippen molar-refractivity contribution in [1.82, 2.24) is 4.90 Å². The lowest BCUT2D eigenvalue weighted by Crippen LogP contribution is -3.14. The summed E-state index contributed by atoms with van der Waals surface area (Å²) in [7, 11) is -4.27. The Morgan fingerprint density at radius 2 is 1.29 bits per heavy atom. The number of rotatable bonds is 12. The predicted molar refractivity (Wildman–Crippen MR) is 118 cm³/mol. The molecule has 0 fully saturated rings. The van der Waals surface area contributed by atoms with E-state index in [1.807, 2.05) is 11.8 Å². The Balaban J connectivity index is 0.000000683. The van der Waals surface area contributed by atoms with E-state index in [0.717, 1.165) is 17.0 Å².